The topological polar surface area (TPSA) is 127 Å². The number of aromatic nitrogens is 2. The maximum absolute atomic E-state index is 12.7. The maximum atomic E-state index is 12.7. The Morgan fingerprint density at radius 2 is 1.67 bits per heavy atom. The zero-order chi connectivity index (χ0) is 21.3. The Morgan fingerprint density at radius 1 is 0.967 bits per heavy atom. The Kier molecular flexibility index (Phi) is 4.96. The molecule has 9 heteroatoms. The monoisotopic (exact) mass is 424 g/mol. The fourth-order valence-electron chi connectivity index (χ4n) is 3.07. The molecule has 0 radical (unpaired) electrons. The van der Waals surface area contributed by atoms with Gasteiger partial charge < -0.3 is 15.5 Å². The number of aromatic hydroxyl groups is 2. The molecule has 0 fully saturated rings. The van der Waals surface area contributed by atoms with Crippen molar-refractivity contribution in [1.82, 2.24) is 10.2 Å². The summed E-state index contributed by atoms with van der Waals surface area (Å²) < 4.78 is 27.9. The predicted molar refractivity (Wildman–Crippen MR) is 115 cm³/mol. The van der Waals surface area contributed by atoms with Gasteiger partial charge in [0.2, 0.25) is 0 Å². The summed E-state index contributed by atoms with van der Waals surface area (Å²) in [4.78, 5) is 0.155. The molecule has 0 bridgehead atoms. The number of sulfonamides is 1. The van der Waals surface area contributed by atoms with Gasteiger partial charge >= 0.3 is 0 Å². The van der Waals surface area contributed by atoms with Gasteiger partial charge in [0, 0.05) is 23.7 Å². The first-order valence-corrected chi connectivity index (χ1v) is 10.6. The Morgan fingerprint density at radius 3 is 2.37 bits per heavy atom. The number of hydrogen-bond donors (Lipinski definition) is 5. The van der Waals surface area contributed by atoms with Crippen LogP contribution in [0.2, 0.25) is 0 Å². The molecule has 0 saturated carbocycles. The highest BCUT2D eigenvalue weighted by Gasteiger charge is 2.17. The molecule has 0 saturated heterocycles. The molecule has 4 aromatic rings. The van der Waals surface area contributed by atoms with E-state index in [0.29, 0.717) is 23.0 Å². The van der Waals surface area contributed by atoms with Gasteiger partial charge in [-0.25, -0.2) is 8.42 Å². The second kappa shape index (κ2) is 7.60. The Hall–Kier alpha value is -3.72. The number of nitrogens with one attached hydrogen (secondary N) is 3. The standard InChI is InChI=1S/C21H20N4O4S/c1-13-2-5-18(6-3-13)30(28,29)25-21-19-10-15(4-7-20(19)23-24-21)22-12-14-8-16(26)11-17(27)9-14/h2-11,22,26-27H,12H2,1H3,(H2,23,24,25). The molecule has 0 unspecified atom stereocenters. The van der Waals surface area contributed by atoms with Crippen molar-refractivity contribution in [2.24, 2.45) is 0 Å². The van der Waals surface area contributed by atoms with Crippen LogP contribution in [0.3, 0.4) is 0 Å². The third-order valence-electron chi connectivity index (χ3n) is 4.58. The lowest BCUT2D eigenvalue weighted by molar-refractivity contribution is 0.449. The van der Waals surface area contributed by atoms with Crippen molar-refractivity contribution in [3.8, 4) is 11.5 Å². The van der Waals surface area contributed by atoms with Gasteiger partial charge in [0.1, 0.15) is 11.5 Å². The van der Waals surface area contributed by atoms with Crippen LogP contribution in [0.25, 0.3) is 10.9 Å². The van der Waals surface area contributed by atoms with Crippen molar-refractivity contribution >= 4 is 32.4 Å². The van der Waals surface area contributed by atoms with E-state index in [-0.39, 0.29) is 22.2 Å². The number of hydrogen-bond acceptors (Lipinski definition) is 6. The van der Waals surface area contributed by atoms with Gasteiger partial charge in [0.15, 0.2) is 5.82 Å². The highest BCUT2D eigenvalue weighted by atomic mass is 32.2. The molecule has 0 spiro atoms. The van der Waals surface area contributed by atoms with Crippen LogP contribution in [0, 0.1) is 6.92 Å². The van der Waals surface area contributed by atoms with Gasteiger partial charge in [0.25, 0.3) is 10.0 Å². The number of aromatic amines is 1. The maximum Gasteiger partial charge on any atom is 0.263 e. The molecule has 3 aromatic carbocycles. The van der Waals surface area contributed by atoms with Crippen LogP contribution in [0.4, 0.5) is 11.5 Å². The van der Waals surface area contributed by atoms with Crippen molar-refractivity contribution in [3.63, 3.8) is 0 Å². The van der Waals surface area contributed by atoms with E-state index in [0.717, 1.165) is 11.3 Å². The Bertz CT molecular complexity index is 1290. The molecular weight excluding hydrogens is 404 g/mol. The van der Waals surface area contributed by atoms with Crippen LogP contribution in [-0.2, 0) is 16.6 Å². The lowest BCUT2D eigenvalue weighted by Gasteiger charge is -2.09. The molecule has 0 aliphatic rings. The predicted octanol–water partition coefficient (Wildman–Crippen LogP) is 3.70. The van der Waals surface area contributed by atoms with Crippen LogP contribution in [0.5, 0.6) is 11.5 Å². The number of benzene rings is 3. The minimum absolute atomic E-state index is 0.0233. The number of H-pyrrole nitrogens is 1. The minimum Gasteiger partial charge on any atom is -0.508 e. The molecule has 0 aliphatic heterocycles. The first-order valence-electron chi connectivity index (χ1n) is 9.13. The molecule has 154 valence electrons. The summed E-state index contributed by atoms with van der Waals surface area (Å²) in [6.45, 7) is 2.24. The normalized spacial score (nSPS) is 11.5. The largest absolute Gasteiger partial charge is 0.508 e. The number of rotatable bonds is 6. The molecule has 30 heavy (non-hydrogen) atoms. The number of anilines is 2. The average molecular weight is 424 g/mol. The highest BCUT2D eigenvalue weighted by Crippen LogP contribution is 2.27. The quantitative estimate of drug-likeness (QED) is 0.321. The van der Waals surface area contributed by atoms with Crippen molar-refractivity contribution in [2.75, 3.05) is 10.0 Å². The number of nitrogens with zero attached hydrogens (tertiary/aromatic N) is 1. The number of phenolic OH excluding ortho intramolecular Hbond substituents is 2. The van der Waals surface area contributed by atoms with Crippen molar-refractivity contribution in [2.45, 2.75) is 18.4 Å². The zero-order valence-electron chi connectivity index (χ0n) is 16.0. The number of phenols is 2. The van der Waals surface area contributed by atoms with E-state index in [1.165, 1.54) is 6.07 Å². The lowest BCUT2D eigenvalue weighted by Crippen LogP contribution is -2.13. The fraction of sp³-hybridized carbons (Fsp3) is 0.0952. The third kappa shape index (κ3) is 4.15. The summed E-state index contributed by atoms with van der Waals surface area (Å²) in [5.41, 5.74) is 3.06. The van der Waals surface area contributed by atoms with E-state index in [2.05, 4.69) is 20.2 Å². The summed E-state index contributed by atoms with van der Waals surface area (Å²) in [6, 6.07) is 16.3. The van der Waals surface area contributed by atoms with E-state index in [4.69, 9.17) is 0 Å². The molecular formula is C21H20N4O4S. The van der Waals surface area contributed by atoms with Gasteiger partial charge in [-0.1, -0.05) is 17.7 Å². The van der Waals surface area contributed by atoms with Crippen LogP contribution in [-0.4, -0.2) is 28.8 Å². The summed E-state index contributed by atoms with van der Waals surface area (Å²) >= 11 is 0. The molecule has 1 aromatic heterocycles. The summed E-state index contributed by atoms with van der Waals surface area (Å²) in [5, 5.41) is 29.9. The molecule has 8 nitrogen and oxygen atoms in total. The first kappa shape index (κ1) is 19.6. The first-order chi connectivity index (χ1) is 14.3. The van der Waals surface area contributed by atoms with Gasteiger partial charge in [0.05, 0.1) is 10.4 Å². The Labute approximate surface area is 173 Å². The Balaban J connectivity index is 1.57. The average Bonchev–Trinajstić information content (AvgIpc) is 3.07. The number of aryl methyl sites for hydroxylation is 1. The summed E-state index contributed by atoms with van der Waals surface area (Å²) in [6.07, 6.45) is 0. The highest BCUT2D eigenvalue weighted by molar-refractivity contribution is 7.92. The molecule has 0 aliphatic carbocycles. The minimum atomic E-state index is -3.78. The molecule has 4 rings (SSSR count). The van der Waals surface area contributed by atoms with Crippen LogP contribution >= 0.6 is 0 Å². The molecule has 5 N–H and O–H groups in total. The third-order valence-corrected chi connectivity index (χ3v) is 5.94. The van der Waals surface area contributed by atoms with Gasteiger partial charge in [-0.15, -0.1) is 0 Å². The van der Waals surface area contributed by atoms with Gasteiger partial charge in [-0.3, -0.25) is 9.82 Å². The summed E-state index contributed by atoms with van der Waals surface area (Å²) in [7, 11) is -3.78. The van der Waals surface area contributed by atoms with Gasteiger partial charge in [-0.05, 0) is 55.0 Å². The SMILES string of the molecule is Cc1ccc(S(=O)(=O)Nc2n[nH]c3ccc(NCc4cc(O)cc(O)c4)cc23)cc1. The van der Waals surface area contributed by atoms with E-state index < -0.39 is 10.0 Å². The second-order valence-electron chi connectivity index (χ2n) is 6.96. The number of fused-ring (bicyclic) bond motifs is 1. The van der Waals surface area contributed by atoms with Gasteiger partial charge in [-0.2, -0.15) is 5.10 Å². The van der Waals surface area contributed by atoms with Crippen LogP contribution in [0.1, 0.15) is 11.1 Å². The van der Waals surface area contributed by atoms with E-state index in [1.54, 1.807) is 48.5 Å². The van der Waals surface area contributed by atoms with Crippen LogP contribution in [0.15, 0.2) is 65.6 Å². The van der Waals surface area contributed by atoms with E-state index in [1.807, 2.05) is 13.0 Å². The fourth-order valence-corrected chi connectivity index (χ4v) is 4.09. The summed E-state index contributed by atoms with van der Waals surface area (Å²) in [5.74, 6) is 0.152. The smallest absolute Gasteiger partial charge is 0.263 e. The molecule has 1 heterocycles. The zero-order valence-corrected chi connectivity index (χ0v) is 16.9. The van der Waals surface area contributed by atoms with Crippen molar-refractivity contribution in [1.29, 1.82) is 0 Å². The molecule has 0 atom stereocenters. The van der Waals surface area contributed by atoms with E-state index >= 15 is 0 Å². The van der Waals surface area contributed by atoms with Crippen molar-refractivity contribution in [3.05, 3.63) is 71.8 Å². The lowest BCUT2D eigenvalue weighted by atomic mass is 10.2. The van der Waals surface area contributed by atoms with Crippen LogP contribution < -0.4 is 10.0 Å². The van der Waals surface area contributed by atoms with Crippen molar-refractivity contribution < 1.29 is 18.6 Å². The van der Waals surface area contributed by atoms with E-state index in [9.17, 15) is 18.6 Å². The second-order valence-corrected chi connectivity index (χ2v) is 8.64. The molecule has 0 amide bonds.